The average molecular weight is 445 g/mol. The van der Waals surface area contributed by atoms with Crippen LogP contribution in [0.2, 0.25) is 0 Å². The fourth-order valence-corrected chi connectivity index (χ4v) is 4.72. The number of hydrogen-bond donors (Lipinski definition) is 3. The Balaban J connectivity index is 1.28. The Morgan fingerprint density at radius 3 is 2.30 bits per heavy atom. The summed E-state index contributed by atoms with van der Waals surface area (Å²) < 4.78 is 27.1. The Bertz CT molecular complexity index is 1350. The molecule has 2 atom stereocenters. The van der Waals surface area contributed by atoms with Gasteiger partial charge in [-0.3, -0.25) is 5.01 Å². The predicted octanol–water partition coefficient (Wildman–Crippen LogP) is 3.86. The molecule has 0 fully saturated rings. The van der Waals surface area contributed by atoms with E-state index < -0.39 is 23.8 Å². The highest BCUT2D eigenvalue weighted by Gasteiger charge is 2.38. The zero-order valence-corrected chi connectivity index (χ0v) is 17.8. The maximum Gasteiger partial charge on any atom is 0.136 e. The van der Waals surface area contributed by atoms with E-state index in [-0.39, 0.29) is 0 Å². The first-order valence-electron chi connectivity index (χ1n) is 10.7. The molecule has 0 amide bonds. The highest BCUT2D eigenvalue weighted by atomic mass is 19.1. The van der Waals surface area contributed by atoms with Gasteiger partial charge in [-0.05, 0) is 46.5 Å². The fourth-order valence-electron chi connectivity index (χ4n) is 4.72. The van der Waals surface area contributed by atoms with E-state index in [4.69, 9.17) is 4.98 Å². The second-order valence-corrected chi connectivity index (χ2v) is 8.55. The van der Waals surface area contributed by atoms with Crippen molar-refractivity contribution in [2.75, 3.05) is 7.05 Å². The molecule has 1 aromatic heterocycles. The molecule has 3 N–H and O–H groups in total. The summed E-state index contributed by atoms with van der Waals surface area (Å²) in [5.41, 5.74) is 6.69. The number of H-pyrrole nitrogens is 1. The van der Waals surface area contributed by atoms with Gasteiger partial charge in [-0.2, -0.15) is 5.10 Å². The van der Waals surface area contributed by atoms with Gasteiger partial charge in [-0.15, -0.1) is 0 Å². The van der Waals surface area contributed by atoms with Crippen LogP contribution < -0.4 is 5.32 Å². The number of aromatic amines is 1. The van der Waals surface area contributed by atoms with Crippen LogP contribution in [0, 0.1) is 11.6 Å². The van der Waals surface area contributed by atoms with Gasteiger partial charge in [0.1, 0.15) is 29.6 Å². The summed E-state index contributed by atoms with van der Waals surface area (Å²) in [6, 6.07) is 14.3. The molecule has 8 heteroatoms. The molecule has 0 saturated heterocycles. The van der Waals surface area contributed by atoms with Crippen molar-refractivity contribution in [3.05, 3.63) is 88.7 Å². The number of nitrogens with zero attached hydrogens (tertiary/aromatic N) is 3. The second-order valence-electron chi connectivity index (χ2n) is 8.55. The van der Waals surface area contributed by atoms with Crippen LogP contribution in [0.1, 0.15) is 28.6 Å². The highest BCUT2D eigenvalue weighted by molar-refractivity contribution is 6.05. The smallest absolute Gasteiger partial charge is 0.136 e. The molecule has 6 rings (SSSR count). The van der Waals surface area contributed by atoms with Crippen molar-refractivity contribution in [3.8, 4) is 11.1 Å². The summed E-state index contributed by atoms with van der Waals surface area (Å²) in [4.78, 5) is 8.10. The minimum atomic E-state index is -0.887. The lowest BCUT2D eigenvalue weighted by molar-refractivity contribution is 0.134. The van der Waals surface area contributed by atoms with E-state index in [0.717, 1.165) is 35.8 Å². The Morgan fingerprint density at radius 1 is 0.909 bits per heavy atom. The van der Waals surface area contributed by atoms with Crippen molar-refractivity contribution in [1.82, 2.24) is 20.3 Å². The number of hydrazone groups is 1. The summed E-state index contributed by atoms with van der Waals surface area (Å²) in [6.07, 6.45) is -0.887. The van der Waals surface area contributed by atoms with Crippen LogP contribution >= 0.6 is 0 Å². The quantitative estimate of drug-likeness (QED) is 0.448. The van der Waals surface area contributed by atoms with Gasteiger partial charge in [-0.25, -0.2) is 13.8 Å². The van der Waals surface area contributed by atoms with Crippen molar-refractivity contribution in [1.29, 1.82) is 0 Å². The number of rotatable bonds is 3. The van der Waals surface area contributed by atoms with Crippen LogP contribution in [0.5, 0.6) is 0 Å². The molecule has 166 valence electrons. The van der Waals surface area contributed by atoms with E-state index >= 15 is 0 Å². The SMILES string of the molecule is CN1N=C(c2ccc(-c3cc(F)cc(F)c3)cc2)C(O)C1c1nc2cc3c(cc2[nH]1)CNC3. The molecular formula is C25H21F2N5O. The van der Waals surface area contributed by atoms with Crippen molar-refractivity contribution in [3.63, 3.8) is 0 Å². The van der Waals surface area contributed by atoms with Crippen LogP contribution in [-0.4, -0.2) is 38.9 Å². The minimum Gasteiger partial charge on any atom is -0.384 e. The number of hydrogen-bond acceptors (Lipinski definition) is 5. The monoisotopic (exact) mass is 445 g/mol. The molecule has 2 unspecified atom stereocenters. The van der Waals surface area contributed by atoms with Crippen molar-refractivity contribution in [2.45, 2.75) is 25.2 Å². The van der Waals surface area contributed by atoms with Crippen LogP contribution in [0.25, 0.3) is 22.2 Å². The Kier molecular flexibility index (Phi) is 4.53. The molecule has 3 aromatic carbocycles. The molecule has 33 heavy (non-hydrogen) atoms. The van der Waals surface area contributed by atoms with Crippen LogP contribution in [0.4, 0.5) is 8.78 Å². The molecule has 6 nitrogen and oxygen atoms in total. The van der Waals surface area contributed by atoms with Gasteiger partial charge in [0.15, 0.2) is 0 Å². The third-order valence-corrected chi connectivity index (χ3v) is 6.36. The van der Waals surface area contributed by atoms with Gasteiger partial charge in [-0.1, -0.05) is 24.3 Å². The van der Waals surface area contributed by atoms with Gasteiger partial charge < -0.3 is 15.4 Å². The predicted molar refractivity (Wildman–Crippen MR) is 121 cm³/mol. The van der Waals surface area contributed by atoms with Gasteiger partial charge in [0, 0.05) is 31.8 Å². The third kappa shape index (κ3) is 3.39. The number of benzene rings is 3. The number of imidazole rings is 1. The minimum absolute atomic E-state index is 0.447. The molecule has 0 spiro atoms. The molecule has 4 aromatic rings. The van der Waals surface area contributed by atoms with Crippen LogP contribution in [0.3, 0.4) is 0 Å². The average Bonchev–Trinajstić information content (AvgIpc) is 3.47. The van der Waals surface area contributed by atoms with Crippen molar-refractivity contribution < 1.29 is 13.9 Å². The summed E-state index contributed by atoms with van der Waals surface area (Å²) in [7, 11) is 1.81. The first-order valence-corrected chi connectivity index (χ1v) is 10.7. The summed E-state index contributed by atoms with van der Waals surface area (Å²) in [5, 5.41) is 20.8. The first-order chi connectivity index (χ1) is 16.0. The normalized spacial score (nSPS) is 19.9. The fraction of sp³-hybridized carbons (Fsp3) is 0.200. The lowest BCUT2D eigenvalue weighted by Gasteiger charge is -2.19. The molecule has 2 aliphatic heterocycles. The largest absolute Gasteiger partial charge is 0.384 e. The first kappa shape index (κ1) is 20.0. The van der Waals surface area contributed by atoms with Crippen molar-refractivity contribution >= 4 is 16.7 Å². The van der Waals surface area contributed by atoms with E-state index in [1.165, 1.54) is 23.3 Å². The number of nitrogens with one attached hydrogen (secondary N) is 2. The second kappa shape index (κ2) is 7.47. The van der Waals surface area contributed by atoms with E-state index in [9.17, 15) is 13.9 Å². The number of halogens is 2. The van der Waals surface area contributed by atoms with Crippen molar-refractivity contribution in [2.24, 2.45) is 5.10 Å². The third-order valence-electron chi connectivity index (χ3n) is 6.36. The van der Waals surface area contributed by atoms with E-state index in [2.05, 4.69) is 27.5 Å². The Hall–Kier alpha value is -3.62. The number of likely N-dealkylation sites (N-methyl/N-ethyl adjacent to an activating group) is 1. The summed E-state index contributed by atoms with van der Waals surface area (Å²) in [6.45, 7) is 1.68. The maximum atomic E-state index is 13.6. The molecule has 0 saturated carbocycles. The Morgan fingerprint density at radius 2 is 1.58 bits per heavy atom. The topological polar surface area (TPSA) is 76.5 Å². The molecule has 3 heterocycles. The van der Waals surface area contributed by atoms with Gasteiger partial charge in [0.25, 0.3) is 0 Å². The number of aromatic nitrogens is 2. The van der Waals surface area contributed by atoms with E-state index in [0.29, 0.717) is 22.7 Å². The number of fused-ring (bicyclic) bond motifs is 2. The lowest BCUT2D eigenvalue weighted by atomic mass is 9.97. The summed E-state index contributed by atoms with van der Waals surface area (Å²) >= 11 is 0. The Labute approximate surface area is 188 Å². The van der Waals surface area contributed by atoms with Gasteiger partial charge in [0.2, 0.25) is 0 Å². The summed E-state index contributed by atoms with van der Waals surface area (Å²) in [5.74, 6) is -0.592. The zero-order chi connectivity index (χ0) is 22.7. The molecule has 0 aliphatic carbocycles. The van der Waals surface area contributed by atoms with Gasteiger partial charge in [0.05, 0.1) is 16.7 Å². The van der Waals surface area contributed by atoms with E-state index in [1.54, 1.807) is 29.3 Å². The molecule has 0 radical (unpaired) electrons. The van der Waals surface area contributed by atoms with Gasteiger partial charge >= 0.3 is 0 Å². The molecule has 2 aliphatic rings. The standard InChI is InChI=1S/C25H21F2N5O/c1-32-23(25-29-20-8-16-11-28-12-17(16)9-21(20)30-25)24(33)22(31-32)14-4-2-13(3-5-14)15-6-18(26)10-19(27)7-15/h2-10,23-24,28,33H,11-12H2,1H3,(H,29,30). The molecule has 0 bridgehead atoms. The number of aliphatic hydroxyl groups excluding tert-OH is 1. The number of aliphatic hydroxyl groups is 1. The maximum absolute atomic E-state index is 13.6. The lowest BCUT2D eigenvalue weighted by Crippen LogP contribution is -2.29. The zero-order valence-electron chi connectivity index (χ0n) is 17.8. The molecular weight excluding hydrogens is 424 g/mol. The van der Waals surface area contributed by atoms with Crippen LogP contribution in [-0.2, 0) is 13.1 Å². The van der Waals surface area contributed by atoms with Crippen LogP contribution in [0.15, 0.2) is 59.7 Å². The van der Waals surface area contributed by atoms with E-state index in [1.807, 2.05) is 7.05 Å². The highest BCUT2D eigenvalue weighted by Crippen LogP contribution is 2.33.